The maximum atomic E-state index is 10.6. The van der Waals surface area contributed by atoms with Crippen molar-refractivity contribution < 1.29 is 14.6 Å². The highest BCUT2D eigenvalue weighted by Gasteiger charge is 2.02. The molecule has 5 heteroatoms. The molecule has 2 rings (SSSR count). The maximum absolute atomic E-state index is 10.6. The van der Waals surface area contributed by atoms with E-state index in [1.807, 2.05) is 36.4 Å². The largest absolute Gasteiger partial charge is 0.481 e. The molecule has 0 unspecified atom stereocenters. The number of methoxy groups -OCH3 is 1. The fourth-order valence-corrected chi connectivity index (χ4v) is 2.39. The molecule has 0 aliphatic rings. The minimum atomic E-state index is -0.820. The second-order valence-electron chi connectivity index (χ2n) is 3.85. The summed E-state index contributed by atoms with van der Waals surface area (Å²) in [6.45, 7) is 0. The first-order valence-electron chi connectivity index (χ1n) is 5.66. The summed E-state index contributed by atoms with van der Waals surface area (Å²) in [4.78, 5) is 16.7. The van der Waals surface area contributed by atoms with Crippen LogP contribution in [0, 0.1) is 0 Å². The molecule has 98 valence electrons. The fraction of sp³-hybridized carbons (Fsp3) is 0.143. The van der Waals surface area contributed by atoms with Gasteiger partial charge in [-0.3, -0.25) is 4.79 Å². The number of pyridine rings is 1. The molecule has 0 amide bonds. The SMILES string of the molecule is COc1cc(Sc2ccc(CC(=O)O)cc2)ccn1. The lowest BCUT2D eigenvalue weighted by Crippen LogP contribution is -1.99. The summed E-state index contributed by atoms with van der Waals surface area (Å²) in [5.41, 5.74) is 0.796. The molecule has 0 fully saturated rings. The van der Waals surface area contributed by atoms with Crippen molar-refractivity contribution >= 4 is 17.7 Å². The van der Waals surface area contributed by atoms with E-state index in [1.54, 1.807) is 25.1 Å². The topological polar surface area (TPSA) is 59.4 Å². The first-order valence-corrected chi connectivity index (χ1v) is 6.47. The Kier molecular flexibility index (Phi) is 4.41. The monoisotopic (exact) mass is 275 g/mol. The minimum Gasteiger partial charge on any atom is -0.481 e. The van der Waals surface area contributed by atoms with Gasteiger partial charge in [0.2, 0.25) is 5.88 Å². The van der Waals surface area contributed by atoms with Gasteiger partial charge < -0.3 is 9.84 Å². The fourth-order valence-electron chi connectivity index (χ4n) is 1.55. The summed E-state index contributed by atoms with van der Waals surface area (Å²) in [5.74, 6) is -0.244. The van der Waals surface area contributed by atoms with Gasteiger partial charge in [-0.05, 0) is 23.8 Å². The van der Waals surface area contributed by atoms with E-state index >= 15 is 0 Å². The zero-order valence-corrected chi connectivity index (χ0v) is 11.2. The quantitative estimate of drug-likeness (QED) is 0.909. The second-order valence-corrected chi connectivity index (χ2v) is 5.00. The van der Waals surface area contributed by atoms with Crippen LogP contribution in [-0.4, -0.2) is 23.2 Å². The van der Waals surface area contributed by atoms with E-state index in [0.29, 0.717) is 5.88 Å². The maximum Gasteiger partial charge on any atom is 0.307 e. The molecule has 19 heavy (non-hydrogen) atoms. The minimum absolute atomic E-state index is 0.0496. The van der Waals surface area contributed by atoms with E-state index in [9.17, 15) is 4.79 Å². The van der Waals surface area contributed by atoms with Gasteiger partial charge in [0.15, 0.2) is 0 Å². The van der Waals surface area contributed by atoms with Crippen molar-refractivity contribution in [1.82, 2.24) is 4.98 Å². The lowest BCUT2D eigenvalue weighted by Gasteiger charge is -2.04. The van der Waals surface area contributed by atoms with Crippen LogP contribution in [0.25, 0.3) is 0 Å². The number of hydrogen-bond acceptors (Lipinski definition) is 4. The molecule has 0 saturated carbocycles. The molecule has 1 heterocycles. The molecule has 0 saturated heterocycles. The number of carboxylic acid groups (broad SMARTS) is 1. The summed E-state index contributed by atoms with van der Waals surface area (Å²) in [5, 5.41) is 8.70. The number of carbonyl (C=O) groups is 1. The first-order chi connectivity index (χ1) is 9.17. The number of rotatable bonds is 5. The number of aliphatic carboxylic acids is 1. The third-order valence-electron chi connectivity index (χ3n) is 2.43. The summed E-state index contributed by atoms with van der Waals surface area (Å²) >= 11 is 1.58. The number of carboxylic acids is 1. The zero-order chi connectivity index (χ0) is 13.7. The molecule has 0 atom stereocenters. The Hall–Kier alpha value is -2.01. The lowest BCUT2D eigenvalue weighted by molar-refractivity contribution is -0.136. The zero-order valence-electron chi connectivity index (χ0n) is 10.4. The Labute approximate surface area is 115 Å². The average Bonchev–Trinajstić information content (AvgIpc) is 2.41. The van der Waals surface area contributed by atoms with Crippen molar-refractivity contribution in [2.45, 2.75) is 16.2 Å². The van der Waals surface area contributed by atoms with Crippen LogP contribution in [0.3, 0.4) is 0 Å². The smallest absolute Gasteiger partial charge is 0.307 e. The molecule has 0 aliphatic carbocycles. The molecule has 1 aromatic heterocycles. The van der Waals surface area contributed by atoms with Gasteiger partial charge in [0.25, 0.3) is 0 Å². The van der Waals surface area contributed by atoms with Gasteiger partial charge in [-0.2, -0.15) is 0 Å². The summed E-state index contributed by atoms with van der Waals surface area (Å²) in [6.07, 6.45) is 1.74. The Balaban J connectivity index is 2.08. The molecular weight excluding hydrogens is 262 g/mol. The van der Waals surface area contributed by atoms with Crippen LogP contribution in [0.1, 0.15) is 5.56 Å². The molecule has 1 N–H and O–H groups in total. The number of aromatic nitrogens is 1. The van der Waals surface area contributed by atoms with Crippen molar-refractivity contribution in [3.8, 4) is 5.88 Å². The van der Waals surface area contributed by atoms with Gasteiger partial charge in [0, 0.05) is 22.1 Å². The molecule has 4 nitrogen and oxygen atoms in total. The van der Waals surface area contributed by atoms with Gasteiger partial charge >= 0.3 is 5.97 Å². The normalized spacial score (nSPS) is 10.2. The van der Waals surface area contributed by atoms with Crippen LogP contribution in [0.5, 0.6) is 5.88 Å². The van der Waals surface area contributed by atoms with Crippen LogP contribution in [0.2, 0.25) is 0 Å². The van der Waals surface area contributed by atoms with Gasteiger partial charge in [-0.1, -0.05) is 23.9 Å². The van der Waals surface area contributed by atoms with Crippen LogP contribution >= 0.6 is 11.8 Å². The van der Waals surface area contributed by atoms with Crippen LogP contribution in [-0.2, 0) is 11.2 Å². The highest BCUT2D eigenvalue weighted by atomic mass is 32.2. The molecule has 0 aliphatic heterocycles. The van der Waals surface area contributed by atoms with Crippen molar-refractivity contribution in [3.63, 3.8) is 0 Å². The van der Waals surface area contributed by atoms with Crippen molar-refractivity contribution in [1.29, 1.82) is 0 Å². The third kappa shape index (κ3) is 3.99. The van der Waals surface area contributed by atoms with E-state index in [1.165, 1.54) is 0 Å². The highest BCUT2D eigenvalue weighted by molar-refractivity contribution is 7.99. The molecule has 1 aromatic carbocycles. The lowest BCUT2D eigenvalue weighted by atomic mass is 10.2. The van der Waals surface area contributed by atoms with Crippen LogP contribution in [0.4, 0.5) is 0 Å². The summed E-state index contributed by atoms with van der Waals surface area (Å²) < 4.78 is 5.07. The molecule has 0 spiro atoms. The predicted molar refractivity (Wildman–Crippen MR) is 72.7 cm³/mol. The standard InChI is InChI=1S/C14H13NO3S/c1-18-13-9-12(6-7-15-13)19-11-4-2-10(3-5-11)8-14(16)17/h2-7,9H,8H2,1H3,(H,16,17). The van der Waals surface area contributed by atoms with Crippen molar-refractivity contribution in [2.24, 2.45) is 0 Å². The third-order valence-corrected chi connectivity index (χ3v) is 3.43. The van der Waals surface area contributed by atoms with E-state index in [4.69, 9.17) is 9.84 Å². The Morgan fingerprint density at radius 2 is 2.00 bits per heavy atom. The summed E-state index contributed by atoms with van der Waals surface area (Å²) in [7, 11) is 1.58. The summed E-state index contributed by atoms with van der Waals surface area (Å²) in [6, 6.07) is 11.2. The molecule has 2 aromatic rings. The van der Waals surface area contributed by atoms with Crippen molar-refractivity contribution in [3.05, 3.63) is 48.2 Å². The van der Waals surface area contributed by atoms with Gasteiger partial charge in [-0.15, -0.1) is 0 Å². The Bertz CT molecular complexity index is 569. The van der Waals surface area contributed by atoms with E-state index in [-0.39, 0.29) is 6.42 Å². The van der Waals surface area contributed by atoms with Gasteiger partial charge in [-0.25, -0.2) is 4.98 Å². The van der Waals surface area contributed by atoms with E-state index < -0.39 is 5.97 Å². The van der Waals surface area contributed by atoms with Gasteiger partial charge in [0.1, 0.15) is 0 Å². The second kappa shape index (κ2) is 6.24. The number of ether oxygens (including phenoxy) is 1. The number of benzene rings is 1. The Morgan fingerprint density at radius 3 is 2.63 bits per heavy atom. The number of hydrogen-bond donors (Lipinski definition) is 1. The molecule has 0 bridgehead atoms. The van der Waals surface area contributed by atoms with E-state index in [0.717, 1.165) is 15.4 Å². The Morgan fingerprint density at radius 1 is 1.26 bits per heavy atom. The van der Waals surface area contributed by atoms with Gasteiger partial charge in [0.05, 0.1) is 13.5 Å². The highest BCUT2D eigenvalue weighted by Crippen LogP contribution is 2.29. The average molecular weight is 275 g/mol. The van der Waals surface area contributed by atoms with Crippen LogP contribution < -0.4 is 4.74 Å². The van der Waals surface area contributed by atoms with Crippen molar-refractivity contribution in [2.75, 3.05) is 7.11 Å². The molecule has 0 radical (unpaired) electrons. The first kappa shape index (κ1) is 13.4. The van der Waals surface area contributed by atoms with E-state index in [2.05, 4.69) is 4.98 Å². The number of nitrogens with zero attached hydrogens (tertiary/aromatic N) is 1. The predicted octanol–water partition coefficient (Wildman–Crippen LogP) is 2.87. The van der Waals surface area contributed by atoms with Crippen LogP contribution in [0.15, 0.2) is 52.4 Å². The molecular formula is C14H13NO3S.